The minimum atomic E-state index is -1.81. The molecular weight excluding hydrogens is 953 g/mol. The highest BCUT2D eigenvalue weighted by Gasteiger charge is 2.56. The van der Waals surface area contributed by atoms with Gasteiger partial charge < -0.3 is 38.4 Å². The number of carbonyl (C=O) groups excluding carboxylic acids is 4. The zero-order chi connectivity index (χ0) is 49.1. The van der Waals surface area contributed by atoms with Crippen molar-refractivity contribution in [1.82, 2.24) is 9.99 Å². The van der Waals surface area contributed by atoms with Gasteiger partial charge in [-0.05, 0) is 125 Å². The van der Waals surface area contributed by atoms with Gasteiger partial charge >= 0.3 is 17.9 Å². The molecule has 13 nitrogen and oxygen atoms in total. The predicted molar refractivity (Wildman–Crippen MR) is 257 cm³/mol. The number of unbranched alkanes of at least 4 members (excludes halogenated alkanes) is 3. The van der Waals surface area contributed by atoms with E-state index in [0.29, 0.717) is 29.8 Å². The first-order chi connectivity index (χ1) is 30.8. The molecule has 66 heavy (non-hydrogen) atoms. The summed E-state index contributed by atoms with van der Waals surface area (Å²) in [7, 11) is -1.31. The predicted octanol–water partition coefficient (Wildman–Crippen LogP) is 12.1. The zero-order valence-corrected chi connectivity index (χ0v) is 43.4. The van der Waals surface area contributed by atoms with Gasteiger partial charge in [-0.1, -0.05) is 59.2 Å². The number of carbonyl (C=O) groups is 4. The lowest BCUT2D eigenvalue weighted by Crippen LogP contribution is -2.34. The van der Waals surface area contributed by atoms with Gasteiger partial charge in [-0.25, -0.2) is 9.46 Å². The normalized spacial score (nSPS) is 16.0. The van der Waals surface area contributed by atoms with Crippen LogP contribution in [0, 0.1) is 17.8 Å². The summed E-state index contributed by atoms with van der Waals surface area (Å²) < 4.78 is 39.1. The van der Waals surface area contributed by atoms with Gasteiger partial charge in [-0.3, -0.25) is 14.4 Å². The van der Waals surface area contributed by atoms with Crippen LogP contribution >= 0.6 is 54.9 Å². The Morgan fingerprint density at radius 3 is 1.94 bits per heavy atom. The molecule has 2 aliphatic heterocycles. The first-order valence-electron chi connectivity index (χ1n) is 22.1. The highest BCUT2D eigenvalue weighted by molar-refractivity contribution is 7.44. The number of halogens is 4. The van der Waals surface area contributed by atoms with Crippen molar-refractivity contribution in [3.63, 3.8) is 0 Å². The molecule has 0 aliphatic carbocycles. The minimum absolute atomic E-state index is 0.0156. The maximum absolute atomic E-state index is 13.9. The largest absolute Gasteiger partial charge is 0.454 e. The van der Waals surface area contributed by atoms with E-state index in [9.17, 15) is 24.3 Å². The van der Waals surface area contributed by atoms with Gasteiger partial charge in [0.25, 0.3) is 8.53 Å². The van der Waals surface area contributed by atoms with Crippen molar-refractivity contribution >= 4 is 78.7 Å². The number of aryl methyl sites for hydroxylation is 1. The molecule has 3 aromatic rings. The summed E-state index contributed by atoms with van der Waals surface area (Å²) in [6.45, 7) is 21.3. The van der Waals surface area contributed by atoms with Gasteiger partial charge in [0.2, 0.25) is 5.91 Å². The minimum Gasteiger partial charge on any atom is -0.454 e. The number of aliphatic hydroxyl groups excluding tert-OH is 1. The maximum atomic E-state index is 13.9. The van der Waals surface area contributed by atoms with Crippen LogP contribution < -0.4 is 19.5 Å². The molecule has 2 aliphatic rings. The van der Waals surface area contributed by atoms with E-state index in [0.717, 1.165) is 25.7 Å². The summed E-state index contributed by atoms with van der Waals surface area (Å²) in [5.74, 6) is -2.05. The topological polar surface area (TPSA) is 159 Å². The van der Waals surface area contributed by atoms with Crippen molar-refractivity contribution in [2.24, 2.45) is 10.8 Å². The number of nitrogens with one attached hydrogen (secondary N) is 1. The second-order valence-corrected chi connectivity index (χ2v) is 22.0. The number of esters is 3. The summed E-state index contributed by atoms with van der Waals surface area (Å²) in [4.78, 5) is 54.0. The fraction of sp³-hybridized carbons (Fsp3) is 0.542. The number of benzene rings is 3. The Morgan fingerprint density at radius 2 is 1.33 bits per heavy atom. The lowest BCUT2D eigenvalue weighted by Gasteiger charge is -2.38. The zero-order valence-electron chi connectivity index (χ0n) is 39.5. The molecule has 18 heteroatoms. The Bertz CT molecular complexity index is 2320. The van der Waals surface area contributed by atoms with Crippen molar-refractivity contribution in [1.29, 1.82) is 0 Å². The van der Waals surface area contributed by atoms with Gasteiger partial charge in [-0.2, -0.15) is 0 Å². The Morgan fingerprint density at radius 1 is 0.773 bits per heavy atom. The Labute approximate surface area is 409 Å². The molecule has 1 spiro atoms. The molecule has 3 aromatic carbocycles. The van der Waals surface area contributed by atoms with Crippen LogP contribution in [-0.4, -0.2) is 72.0 Å². The number of ether oxygens (including phenoxy) is 4. The van der Waals surface area contributed by atoms with Gasteiger partial charge in [0, 0.05) is 47.3 Å². The molecule has 2 unspecified atom stereocenters. The van der Waals surface area contributed by atoms with Crippen molar-refractivity contribution in [3.8, 4) is 23.0 Å². The van der Waals surface area contributed by atoms with Crippen molar-refractivity contribution in [2.45, 2.75) is 132 Å². The average Bonchev–Trinajstić information content (AvgIpc) is 3.49. The smallest absolute Gasteiger partial charge is 0.340 e. The third-order valence-corrected chi connectivity index (χ3v) is 14.4. The van der Waals surface area contributed by atoms with Gasteiger partial charge in [0.1, 0.15) is 10.8 Å². The molecule has 2 N–H and O–H groups in total. The van der Waals surface area contributed by atoms with Crippen LogP contribution in [0.15, 0.2) is 24.3 Å². The highest BCUT2D eigenvalue weighted by atomic mass is 35.5. The molecule has 0 fully saturated rings. The van der Waals surface area contributed by atoms with Crippen LogP contribution in [0.1, 0.15) is 140 Å². The van der Waals surface area contributed by atoms with Gasteiger partial charge in [-0.15, -0.1) is 0 Å². The van der Waals surface area contributed by atoms with Crippen LogP contribution in [0.3, 0.4) is 0 Å². The van der Waals surface area contributed by atoms with E-state index in [2.05, 4.69) is 37.7 Å². The Hall–Kier alpha value is -3.23. The summed E-state index contributed by atoms with van der Waals surface area (Å²) in [6, 6.07) is 6.52. The molecule has 5 rings (SSSR count). The second-order valence-electron chi connectivity index (χ2n) is 19.0. The SMILES string of the molecule is Cc1c(OC(=O)C(C)(C)C)c(Cl)cc2c1Oc1c(cc(CCC(=O)NCCCCCCOP(OCCO)N(C(C)C)C(C)C)c(OC(=O)C(C)(C)C)c1Cl)C21OC(=O)c2cc(Cl)c(Cl)cc21. The summed E-state index contributed by atoms with van der Waals surface area (Å²) in [6.07, 6.45) is 3.32. The number of amides is 1. The quantitative estimate of drug-likeness (QED) is 0.0507. The first-order valence-corrected chi connectivity index (χ1v) is 24.8. The lowest BCUT2D eigenvalue weighted by atomic mass is 9.76. The summed E-state index contributed by atoms with van der Waals surface area (Å²) >= 11 is 27.3. The fourth-order valence-corrected chi connectivity index (χ4v) is 10.1. The summed E-state index contributed by atoms with van der Waals surface area (Å²) in [5, 5.41) is 12.5. The molecular formula is C48H61Cl4N2O11P. The fourth-order valence-electron chi connectivity index (χ4n) is 7.53. The van der Waals surface area contributed by atoms with Crippen LogP contribution in [0.5, 0.6) is 23.0 Å². The average molecular weight is 1010 g/mol. The molecule has 1 amide bonds. The Balaban J connectivity index is 1.43. The van der Waals surface area contributed by atoms with Crippen molar-refractivity contribution in [2.75, 3.05) is 26.4 Å². The molecule has 2 heterocycles. The second kappa shape index (κ2) is 22.0. The van der Waals surface area contributed by atoms with Crippen molar-refractivity contribution < 1.29 is 52.3 Å². The molecule has 0 saturated heterocycles. The van der Waals surface area contributed by atoms with Crippen LogP contribution in [-0.2, 0) is 40.2 Å². The monoisotopic (exact) mass is 1010 g/mol. The van der Waals surface area contributed by atoms with Crippen LogP contribution in [0.25, 0.3) is 0 Å². The lowest BCUT2D eigenvalue weighted by molar-refractivity contribution is -0.143. The first kappa shape index (κ1) is 53.7. The van der Waals surface area contributed by atoms with E-state index >= 15 is 0 Å². The molecule has 362 valence electrons. The molecule has 0 saturated carbocycles. The summed E-state index contributed by atoms with van der Waals surface area (Å²) in [5.41, 5.74) is -2.06. The van der Waals surface area contributed by atoms with Crippen LogP contribution in [0.4, 0.5) is 0 Å². The third-order valence-electron chi connectivity index (χ3n) is 10.9. The van der Waals surface area contributed by atoms with E-state index in [-0.39, 0.29) is 104 Å². The molecule has 0 aromatic heterocycles. The van der Waals surface area contributed by atoms with Gasteiger partial charge in [0.15, 0.2) is 22.8 Å². The van der Waals surface area contributed by atoms with E-state index < -0.39 is 42.9 Å². The third kappa shape index (κ3) is 11.8. The number of hydrogen-bond acceptors (Lipinski definition) is 12. The van der Waals surface area contributed by atoms with Crippen LogP contribution in [0.2, 0.25) is 20.1 Å². The Kier molecular flexibility index (Phi) is 17.9. The van der Waals surface area contributed by atoms with Crippen molar-refractivity contribution in [3.05, 3.63) is 77.7 Å². The molecule has 0 bridgehead atoms. The standard InChI is InChI=1S/C48H61Cl4N2O11P/c1-26(2)54(27(3)4)66(61-21-19-55)60-20-15-13-12-14-18-53-37(56)17-16-29-22-32-42(38(52)41(29)64-45(59)47(9,10)11)62-39-28(5)40(63-44(58)46(6,7)8)36(51)25-33(39)48(32)31-24-35(50)34(49)23-30(31)43(57)65-48/h22-27,55H,12-21H2,1-11H3,(H,53,56). The molecule has 0 radical (unpaired) electrons. The number of rotatable bonds is 19. The number of hydrogen-bond donors (Lipinski definition) is 2. The maximum Gasteiger partial charge on any atom is 0.340 e. The van der Waals surface area contributed by atoms with E-state index in [4.69, 9.17) is 74.4 Å². The van der Waals surface area contributed by atoms with E-state index in [1.54, 1.807) is 54.5 Å². The van der Waals surface area contributed by atoms with E-state index in [1.807, 2.05) is 0 Å². The van der Waals surface area contributed by atoms with E-state index in [1.165, 1.54) is 18.2 Å². The number of aliphatic hydroxyl groups is 1. The highest BCUT2D eigenvalue weighted by Crippen LogP contribution is 2.62. The van der Waals surface area contributed by atoms with Gasteiger partial charge in [0.05, 0.1) is 51.3 Å². The number of nitrogens with zero attached hydrogens (tertiary/aromatic N) is 1. The molecule has 2 atom stereocenters. The number of fused-ring (bicyclic) bond motifs is 6.